The zero-order valence-corrected chi connectivity index (χ0v) is 14.2. The van der Waals surface area contributed by atoms with Gasteiger partial charge < -0.3 is 9.47 Å². The second-order valence-corrected chi connectivity index (χ2v) is 5.44. The van der Waals surface area contributed by atoms with Crippen LogP contribution in [0.15, 0.2) is 48.2 Å². The number of benzene rings is 2. The molecule has 0 aromatic heterocycles. The first kappa shape index (κ1) is 17.8. The zero-order chi connectivity index (χ0) is 17.5. The molecule has 5 nitrogen and oxygen atoms in total. The number of rotatable bonds is 7. The van der Waals surface area contributed by atoms with Crippen molar-refractivity contribution in [2.75, 3.05) is 7.11 Å². The van der Waals surface area contributed by atoms with Crippen molar-refractivity contribution in [2.45, 2.75) is 20.0 Å². The first-order valence-corrected chi connectivity index (χ1v) is 7.82. The first-order valence-electron chi connectivity index (χ1n) is 7.44. The second kappa shape index (κ2) is 8.36. The van der Waals surface area contributed by atoms with Gasteiger partial charge in [-0.15, -0.1) is 0 Å². The Morgan fingerprint density at radius 3 is 2.62 bits per heavy atom. The van der Waals surface area contributed by atoms with Crippen LogP contribution in [0.25, 0.3) is 6.08 Å². The highest BCUT2D eigenvalue weighted by Crippen LogP contribution is 2.30. The summed E-state index contributed by atoms with van der Waals surface area (Å²) in [7, 11) is 1.53. The summed E-state index contributed by atoms with van der Waals surface area (Å²) in [5, 5.41) is 11.6. The number of ether oxygens (including phenoxy) is 2. The summed E-state index contributed by atoms with van der Waals surface area (Å²) in [6, 6.07) is 12.6. The van der Waals surface area contributed by atoms with Crippen LogP contribution in [0.5, 0.6) is 11.5 Å². The standard InChI is InChI=1S/C18H18ClNO4/c1-3-15(20(21)22)10-13-8-9-17(18(11-13)23-2)24-12-14-6-4-5-7-16(14)19/h4-11H,3,12H2,1-2H3/b15-10+. The highest BCUT2D eigenvalue weighted by molar-refractivity contribution is 6.31. The summed E-state index contributed by atoms with van der Waals surface area (Å²) in [6.07, 6.45) is 1.88. The van der Waals surface area contributed by atoms with E-state index in [1.807, 2.05) is 18.2 Å². The van der Waals surface area contributed by atoms with Crippen molar-refractivity contribution < 1.29 is 14.4 Å². The maximum Gasteiger partial charge on any atom is 0.246 e. The average molecular weight is 348 g/mol. The second-order valence-electron chi connectivity index (χ2n) is 5.04. The lowest BCUT2D eigenvalue weighted by Crippen LogP contribution is -1.99. The average Bonchev–Trinajstić information content (AvgIpc) is 2.59. The molecule has 0 atom stereocenters. The molecule has 0 unspecified atom stereocenters. The molecule has 2 rings (SSSR count). The fraction of sp³-hybridized carbons (Fsp3) is 0.222. The van der Waals surface area contributed by atoms with Crippen molar-refractivity contribution in [2.24, 2.45) is 0 Å². The summed E-state index contributed by atoms with van der Waals surface area (Å²) in [6.45, 7) is 2.05. The lowest BCUT2D eigenvalue weighted by atomic mass is 10.1. The highest BCUT2D eigenvalue weighted by Gasteiger charge is 2.10. The summed E-state index contributed by atoms with van der Waals surface area (Å²) in [4.78, 5) is 10.5. The predicted molar refractivity (Wildman–Crippen MR) is 94.0 cm³/mol. The molecule has 0 N–H and O–H groups in total. The van der Waals surface area contributed by atoms with Crippen LogP contribution in [0.4, 0.5) is 0 Å². The van der Waals surface area contributed by atoms with Gasteiger partial charge in [0.25, 0.3) is 0 Å². The van der Waals surface area contributed by atoms with Crippen LogP contribution in [0, 0.1) is 10.1 Å². The van der Waals surface area contributed by atoms with Gasteiger partial charge in [0.2, 0.25) is 5.70 Å². The number of allylic oxidation sites excluding steroid dienone is 1. The molecule has 0 aliphatic heterocycles. The third-order valence-electron chi connectivity index (χ3n) is 3.46. The summed E-state index contributed by atoms with van der Waals surface area (Å²) < 4.78 is 11.1. The van der Waals surface area contributed by atoms with E-state index in [0.29, 0.717) is 35.1 Å². The number of hydrogen-bond acceptors (Lipinski definition) is 4. The van der Waals surface area contributed by atoms with Gasteiger partial charge in [0.05, 0.1) is 12.0 Å². The minimum Gasteiger partial charge on any atom is -0.493 e. The van der Waals surface area contributed by atoms with E-state index in [4.69, 9.17) is 21.1 Å². The molecule has 0 saturated heterocycles. The van der Waals surface area contributed by atoms with E-state index >= 15 is 0 Å². The number of nitro groups is 1. The number of methoxy groups -OCH3 is 1. The van der Waals surface area contributed by atoms with Crippen molar-refractivity contribution in [3.63, 3.8) is 0 Å². The van der Waals surface area contributed by atoms with Crippen LogP contribution >= 0.6 is 11.6 Å². The third kappa shape index (κ3) is 4.49. The van der Waals surface area contributed by atoms with Gasteiger partial charge in [-0.05, 0) is 23.8 Å². The minimum atomic E-state index is -0.381. The van der Waals surface area contributed by atoms with E-state index in [1.54, 1.807) is 31.2 Å². The van der Waals surface area contributed by atoms with Gasteiger partial charge in [0.15, 0.2) is 11.5 Å². The number of nitrogens with zero attached hydrogens (tertiary/aromatic N) is 1. The van der Waals surface area contributed by atoms with Gasteiger partial charge in [-0.1, -0.05) is 42.8 Å². The van der Waals surface area contributed by atoms with Crippen LogP contribution in [-0.2, 0) is 6.61 Å². The van der Waals surface area contributed by atoms with Crippen LogP contribution in [0.2, 0.25) is 5.02 Å². The molecule has 0 bridgehead atoms. The Balaban J connectivity index is 2.20. The molecule has 2 aromatic carbocycles. The Bertz CT molecular complexity index is 758. The maximum atomic E-state index is 10.9. The largest absolute Gasteiger partial charge is 0.493 e. The molecule has 0 amide bonds. The van der Waals surface area contributed by atoms with E-state index in [-0.39, 0.29) is 10.6 Å². The Morgan fingerprint density at radius 1 is 1.25 bits per heavy atom. The summed E-state index contributed by atoms with van der Waals surface area (Å²) in [5.74, 6) is 1.06. The van der Waals surface area contributed by atoms with E-state index in [2.05, 4.69) is 0 Å². The molecule has 0 radical (unpaired) electrons. The lowest BCUT2D eigenvalue weighted by Gasteiger charge is -2.12. The molecular weight excluding hydrogens is 330 g/mol. The molecule has 6 heteroatoms. The first-order chi connectivity index (χ1) is 11.5. The van der Waals surface area contributed by atoms with Gasteiger partial charge in [-0.2, -0.15) is 0 Å². The molecule has 0 saturated carbocycles. The quantitative estimate of drug-likeness (QED) is 0.525. The molecular formula is C18H18ClNO4. The SMILES string of the molecule is CC/C(=C\c1ccc(OCc2ccccc2Cl)c(OC)c1)[N+](=O)[O-]. The monoisotopic (exact) mass is 347 g/mol. The van der Waals surface area contributed by atoms with Crippen LogP contribution < -0.4 is 9.47 Å². The van der Waals surface area contributed by atoms with Crippen molar-refractivity contribution >= 4 is 17.7 Å². The van der Waals surface area contributed by atoms with E-state index in [9.17, 15) is 10.1 Å². The molecule has 0 aliphatic carbocycles. The summed E-state index contributed by atoms with van der Waals surface area (Å²) >= 11 is 6.11. The number of hydrogen-bond donors (Lipinski definition) is 0. The molecule has 0 fully saturated rings. The van der Waals surface area contributed by atoms with Gasteiger partial charge in [-0.25, -0.2) is 0 Å². The fourth-order valence-corrected chi connectivity index (χ4v) is 2.33. The highest BCUT2D eigenvalue weighted by atomic mass is 35.5. The van der Waals surface area contributed by atoms with E-state index in [0.717, 1.165) is 5.56 Å². The molecule has 24 heavy (non-hydrogen) atoms. The van der Waals surface area contributed by atoms with Crippen LogP contribution in [0.1, 0.15) is 24.5 Å². The Morgan fingerprint density at radius 2 is 2.00 bits per heavy atom. The van der Waals surface area contributed by atoms with Crippen molar-refractivity contribution in [3.8, 4) is 11.5 Å². The Labute approximate surface area is 145 Å². The zero-order valence-electron chi connectivity index (χ0n) is 13.5. The molecule has 0 aliphatic rings. The summed E-state index contributed by atoms with van der Waals surface area (Å²) in [5.41, 5.74) is 1.69. The molecule has 2 aromatic rings. The predicted octanol–water partition coefficient (Wildman–Crippen LogP) is 4.96. The molecule has 0 heterocycles. The van der Waals surface area contributed by atoms with E-state index in [1.165, 1.54) is 13.2 Å². The molecule has 126 valence electrons. The smallest absolute Gasteiger partial charge is 0.246 e. The lowest BCUT2D eigenvalue weighted by molar-refractivity contribution is -0.425. The van der Waals surface area contributed by atoms with Crippen molar-refractivity contribution in [3.05, 3.63) is 74.4 Å². The topological polar surface area (TPSA) is 61.6 Å². The van der Waals surface area contributed by atoms with Gasteiger partial charge in [-0.3, -0.25) is 10.1 Å². The van der Waals surface area contributed by atoms with Crippen LogP contribution in [0.3, 0.4) is 0 Å². The Hall–Kier alpha value is -2.53. The fourth-order valence-electron chi connectivity index (χ4n) is 2.14. The Kier molecular flexibility index (Phi) is 6.21. The normalized spacial score (nSPS) is 11.2. The maximum absolute atomic E-state index is 10.9. The van der Waals surface area contributed by atoms with Crippen LogP contribution in [-0.4, -0.2) is 12.0 Å². The third-order valence-corrected chi connectivity index (χ3v) is 3.83. The minimum absolute atomic E-state index is 0.141. The number of halogens is 1. The van der Waals surface area contributed by atoms with Gasteiger partial charge in [0, 0.05) is 23.1 Å². The van der Waals surface area contributed by atoms with Crippen molar-refractivity contribution in [1.82, 2.24) is 0 Å². The van der Waals surface area contributed by atoms with Crippen molar-refractivity contribution in [1.29, 1.82) is 0 Å². The van der Waals surface area contributed by atoms with Gasteiger partial charge in [0.1, 0.15) is 6.61 Å². The van der Waals surface area contributed by atoms with E-state index < -0.39 is 0 Å². The van der Waals surface area contributed by atoms with Gasteiger partial charge >= 0.3 is 0 Å². The molecule has 0 spiro atoms.